The number of nitrogens with zero attached hydrogens (tertiary/aromatic N) is 4. The Labute approximate surface area is 229 Å². The number of aliphatic hydroxyl groups excluding tert-OH is 1. The third kappa shape index (κ3) is 6.93. The van der Waals surface area contributed by atoms with Gasteiger partial charge in [0.15, 0.2) is 6.35 Å². The molecule has 0 radical (unpaired) electrons. The summed E-state index contributed by atoms with van der Waals surface area (Å²) in [5, 5.41) is 17.9. The second kappa shape index (κ2) is 13.5. The number of rotatable bonds is 12. The summed E-state index contributed by atoms with van der Waals surface area (Å²) in [6, 6.07) is 17.5. The standard InChI is InChI=1S/C28H39N5O4S/c1-21-9-11-23(12-10-21)20-37-15-14-31-18-25-32(24(27(31)35)13-16-38-3)26(34)19-30(2)33(25)28(36)29-17-22-7-5-4-6-8-22/h4-12,24-25,28-29,36H,13-20H2,1-3H3/t24-,25-,28?/m0/s1. The van der Waals surface area contributed by atoms with E-state index in [2.05, 4.69) is 17.4 Å². The van der Waals surface area contributed by atoms with Crippen LogP contribution in [0.2, 0.25) is 0 Å². The van der Waals surface area contributed by atoms with Crippen LogP contribution in [0.3, 0.4) is 0 Å². The molecule has 1 unspecified atom stereocenters. The molecule has 38 heavy (non-hydrogen) atoms. The van der Waals surface area contributed by atoms with Gasteiger partial charge in [0, 0.05) is 20.1 Å². The molecule has 2 heterocycles. The number of ether oxygens (including phenoxy) is 1. The summed E-state index contributed by atoms with van der Waals surface area (Å²) < 4.78 is 5.90. The van der Waals surface area contributed by atoms with Crippen molar-refractivity contribution in [1.82, 2.24) is 25.1 Å². The van der Waals surface area contributed by atoms with Crippen LogP contribution in [0.1, 0.15) is 23.1 Å². The largest absolute Gasteiger partial charge is 0.375 e. The van der Waals surface area contributed by atoms with Gasteiger partial charge in [0.2, 0.25) is 11.8 Å². The third-order valence-corrected chi connectivity index (χ3v) is 7.71. The summed E-state index contributed by atoms with van der Waals surface area (Å²) in [5.41, 5.74) is 3.33. The predicted octanol–water partition coefficient (Wildman–Crippen LogP) is 1.86. The molecule has 10 heteroatoms. The molecule has 2 aliphatic heterocycles. The minimum Gasteiger partial charge on any atom is -0.375 e. The minimum absolute atomic E-state index is 0.0566. The predicted molar refractivity (Wildman–Crippen MR) is 149 cm³/mol. The van der Waals surface area contributed by atoms with Crippen molar-refractivity contribution >= 4 is 23.6 Å². The molecular formula is C28H39N5O4S. The fourth-order valence-corrected chi connectivity index (χ4v) is 5.50. The van der Waals surface area contributed by atoms with Gasteiger partial charge in [0.25, 0.3) is 0 Å². The van der Waals surface area contributed by atoms with Crippen LogP contribution in [-0.2, 0) is 27.5 Å². The minimum atomic E-state index is -1.03. The quantitative estimate of drug-likeness (QED) is 0.311. The Hall–Kier alpha value is -2.47. The number of fused-ring (bicyclic) bond motifs is 1. The SMILES string of the molecule is CSCC[C@H]1C(=O)N(CCOCc2ccc(C)cc2)C[C@H]2N1C(=O)CN(C)N2C(O)NCc1ccccc1. The van der Waals surface area contributed by atoms with Crippen molar-refractivity contribution in [2.45, 2.75) is 45.1 Å². The summed E-state index contributed by atoms with van der Waals surface area (Å²) in [7, 11) is 1.80. The molecule has 2 aliphatic rings. The highest BCUT2D eigenvalue weighted by Gasteiger charge is 2.50. The van der Waals surface area contributed by atoms with Gasteiger partial charge in [-0.2, -0.15) is 16.8 Å². The highest BCUT2D eigenvalue weighted by Crippen LogP contribution is 2.28. The molecular weight excluding hydrogens is 502 g/mol. The first-order valence-corrected chi connectivity index (χ1v) is 14.5. The maximum absolute atomic E-state index is 13.6. The molecule has 9 nitrogen and oxygen atoms in total. The van der Waals surface area contributed by atoms with Crippen LogP contribution in [0.5, 0.6) is 0 Å². The van der Waals surface area contributed by atoms with Gasteiger partial charge >= 0.3 is 0 Å². The summed E-state index contributed by atoms with van der Waals surface area (Å²) in [4.78, 5) is 30.2. The van der Waals surface area contributed by atoms with Crippen LogP contribution in [-0.4, -0.2) is 101 Å². The average molecular weight is 542 g/mol. The maximum Gasteiger partial charge on any atom is 0.245 e. The lowest BCUT2D eigenvalue weighted by Gasteiger charge is -2.55. The van der Waals surface area contributed by atoms with Crippen LogP contribution in [0.25, 0.3) is 0 Å². The number of carbonyl (C=O) groups excluding carboxylic acids is 2. The third-order valence-electron chi connectivity index (χ3n) is 7.06. The van der Waals surface area contributed by atoms with Gasteiger partial charge in [-0.3, -0.25) is 14.9 Å². The smallest absolute Gasteiger partial charge is 0.245 e. The zero-order chi connectivity index (χ0) is 27.1. The molecule has 206 valence electrons. The topological polar surface area (TPSA) is 88.6 Å². The number of amides is 2. The molecule has 2 saturated heterocycles. The van der Waals surface area contributed by atoms with E-state index in [4.69, 9.17) is 4.74 Å². The van der Waals surface area contributed by atoms with Crippen molar-refractivity contribution in [1.29, 1.82) is 0 Å². The van der Waals surface area contributed by atoms with Crippen LogP contribution >= 0.6 is 11.8 Å². The van der Waals surface area contributed by atoms with Gasteiger partial charge in [-0.15, -0.1) is 0 Å². The van der Waals surface area contributed by atoms with Crippen molar-refractivity contribution in [3.63, 3.8) is 0 Å². The van der Waals surface area contributed by atoms with Crippen molar-refractivity contribution in [2.24, 2.45) is 0 Å². The zero-order valence-electron chi connectivity index (χ0n) is 22.5. The molecule has 2 N–H and O–H groups in total. The Balaban J connectivity index is 1.46. The maximum atomic E-state index is 13.6. The number of piperazine rings is 1. The van der Waals surface area contributed by atoms with E-state index in [-0.39, 0.29) is 18.4 Å². The molecule has 0 bridgehead atoms. The van der Waals surface area contributed by atoms with Crippen molar-refractivity contribution < 1.29 is 19.4 Å². The van der Waals surface area contributed by atoms with Gasteiger partial charge in [0.1, 0.15) is 12.2 Å². The fraction of sp³-hybridized carbons (Fsp3) is 0.500. The highest BCUT2D eigenvalue weighted by atomic mass is 32.2. The summed E-state index contributed by atoms with van der Waals surface area (Å²) in [6.45, 7) is 4.20. The van der Waals surface area contributed by atoms with Crippen LogP contribution in [0.4, 0.5) is 0 Å². The molecule has 2 fully saturated rings. The van der Waals surface area contributed by atoms with Crippen molar-refractivity contribution in [3.05, 3.63) is 71.3 Å². The molecule has 2 aromatic rings. The molecule has 0 aliphatic carbocycles. The molecule has 0 spiro atoms. The number of hydrogen-bond donors (Lipinski definition) is 2. The normalized spacial score (nSPS) is 21.6. The molecule has 0 aromatic heterocycles. The lowest BCUT2D eigenvalue weighted by Crippen LogP contribution is -2.77. The first-order valence-electron chi connectivity index (χ1n) is 13.1. The van der Waals surface area contributed by atoms with E-state index in [9.17, 15) is 14.7 Å². The second-order valence-electron chi connectivity index (χ2n) is 9.84. The fourth-order valence-electron chi connectivity index (χ4n) is 5.04. The van der Waals surface area contributed by atoms with Crippen LogP contribution in [0.15, 0.2) is 54.6 Å². The Bertz CT molecular complexity index is 1060. The van der Waals surface area contributed by atoms with Crippen molar-refractivity contribution in [3.8, 4) is 0 Å². The van der Waals surface area contributed by atoms with E-state index in [1.165, 1.54) is 5.56 Å². The molecule has 2 aromatic carbocycles. The van der Waals surface area contributed by atoms with E-state index < -0.39 is 18.6 Å². The van der Waals surface area contributed by atoms with E-state index in [0.717, 1.165) is 16.9 Å². The Morgan fingerprint density at radius 3 is 2.55 bits per heavy atom. The second-order valence-corrected chi connectivity index (χ2v) is 10.8. The number of nitrogens with one attached hydrogen (secondary N) is 1. The van der Waals surface area contributed by atoms with Crippen LogP contribution in [0, 0.1) is 6.92 Å². The Morgan fingerprint density at radius 2 is 1.84 bits per heavy atom. The first-order chi connectivity index (χ1) is 18.4. The van der Waals surface area contributed by atoms with E-state index in [1.807, 2.05) is 55.6 Å². The summed E-state index contributed by atoms with van der Waals surface area (Å²) in [6.07, 6.45) is 1.04. The molecule has 3 atom stereocenters. The molecule has 4 rings (SSSR count). The summed E-state index contributed by atoms with van der Waals surface area (Å²) >= 11 is 1.65. The zero-order valence-corrected chi connectivity index (χ0v) is 23.3. The number of aryl methyl sites for hydroxylation is 1. The first kappa shape index (κ1) is 28.5. The van der Waals surface area contributed by atoms with Crippen molar-refractivity contribution in [2.75, 3.05) is 45.3 Å². The lowest BCUT2D eigenvalue weighted by atomic mass is 10.0. The molecule has 2 amide bonds. The Morgan fingerprint density at radius 1 is 1.11 bits per heavy atom. The number of aliphatic hydroxyl groups is 1. The average Bonchev–Trinajstić information content (AvgIpc) is 2.91. The van der Waals surface area contributed by atoms with E-state index >= 15 is 0 Å². The summed E-state index contributed by atoms with van der Waals surface area (Å²) in [5.74, 6) is 0.604. The number of benzene rings is 2. The van der Waals surface area contributed by atoms with Gasteiger partial charge < -0.3 is 19.6 Å². The number of likely N-dealkylation sites (N-methyl/N-ethyl adjacent to an activating group) is 1. The monoisotopic (exact) mass is 541 g/mol. The highest BCUT2D eigenvalue weighted by molar-refractivity contribution is 7.98. The Kier molecular flexibility index (Phi) is 10.2. The van der Waals surface area contributed by atoms with Gasteiger partial charge in [0.05, 0.1) is 26.3 Å². The van der Waals surface area contributed by atoms with E-state index in [1.54, 1.807) is 38.6 Å². The number of thioether (sulfide) groups is 1. The number of hydrogen-bond acceptors (Lipinski definition) is 8. The van der Waals surface area contributed by atoms with E-state index in [0.29, 0.717) is 39.3 Å². The number of hydrazine groups is 1. The van der Waals surface area contributed by atoms with Gasteiger partial charge in [-0.05, 0) is 36.5 Å². The lowest BCUT2D eigenvalue weighted by molar-refractivity contribution is -0.241. The van der Waals surface area contributed by atoms with Gasteiger partial charge in [-0.25, -0.2) is 5.01 Å². The van der Waals surface area contributed by atoms with Crippen LogP contribution < -0.4 is 5.32 Å². The number of carbonyl (C=O) groups is 2. The molecule has 0 saturated carbocycles. The van der Waals surface area contributed by atoms with Gasteiger partial charge in [-0.1, -0.05) is 60.2 Å².